The van der Waals surface area contributed by atoms with E-state index in [1.54, 1.807) is 7.11 Å². The van der Waals surface area contributed by atoms with Gasteiger partial charge in [0.15, 0.2) is 0 Å². The highest BCUT2D eigenvalue weighted by Gasteiger charge is 2.25. The molecule has 0 bridgehead atoms. The van der Waals surface area contributed by atoms with Gasteiger partial charge in [0, 0.05) is 25.2 Å². The van der Waals surface area contributed by atoms with Gasteiger partial charge >= 0.3 is 0 Å². The molecule has 2 aromatic carbocycles. The first kappa shape index (κ1) is 16.5. The second-order valence-corrected chi connectivity index (χ2v) is 6.19. The normalized spacial score (nSPS) is 15.4. The minimum Gasteiger partial charge on any atom is -0.496 e. The van der Waals surface area contributed by atoms with Crippen LogP contribution in [0.3, 0.4) is 0 Å². The highest BCUT2D eigenvalue weighted by Crippen LogP contribution is 2.21. The fourth-order valence-corrected chi connectivity index (χ4v) is 3.19. The SMILES string of the molecule is COc1ccccc1CNC(=O)[C@H](C)N1CCc2ccccc2C1. The first-order chi connectivity index (χ1) is 11.7. The smallest absolute Gasteiger partial charge is 0.237 e. The van der Waals surface area contributed by atoms with E-state index in [4.69, 9.17) is 4.74 Å². The van der Waals surface area contributed by atoms with E-state index in [9.17, 15) is 4.79 Å². The largest absolute Gasteiger partial charge is 0.496 e. The summed E-state index contributed by atoms with van der Waals surface area (Å²) in [6.07, 6.45) is 1.00. The number of carbonyl (C=O) groups is 1. The Morgan fingerprint density at radius 2 is 1.88 bits per heavy atom. The number of para-hydroxylation sites is 1. The number of carbonyl (C=O) groups excluding carboxylic acids is 1. The van der Waals surface area contributed by atoms with Gasteiger partial charge in [-0.2, -0.15) is 0 Å². The predicted octanol–water partition coefficient (Wildman–Crippen LogP) is 2.76. The molecule has 126 valence electrons. The Balaban J connectivity index is 1.59. The van der Waals surface area contributed by atoms with E-state index in [2.05, 4.69) is 34.5 Å². The van der Waals surface area contributed by atoms with Crippen LogP contribution in [0.4, 0.5) is 0 Å². The Morgan fingerprint density at radius 3 is 2.67 bits per heavy atom. The van der Waals surface area contributed by atoms with Crippen LogP contribution in [0.15, 0.2) is 48.5 Å². The predicted molar refractivity (Wildman–Crippen MR) is 94.9 cm³/mol. The summed E-state index contributed by atoms with van der Waals surface area (Å²) in [5.74, 6) is 0.859. The van der Waals surface area contributed by atoms with Gasteiger partial charge in [0.1, 0.15) is 5.75 Å². The molecule has 0 aliphatic carbocycles. The molecular weight excluding hydrogens is 300 g/mol. The van der Waals surface area contributed by atoms with Gasteiger partial charge in [-0.05, 0) is 30.5 Å². The van der Waals surface area contributed by atoms with Crippen LogP contribution in [-0.4, -0.2) is 30.5 Å². The zero-order valence-corrected chi connectivity index (χ0v) is 14.3. The molecule has 3 rings (SSSR count). The molecule has 4 heteroatoms. The molecule has 0 saturated carbocycles. The first-order valence-corrected chi connectivity index (χ1v) is 8.39. The van der Waals surface area contributed by atoms with Crippen molar-refractivity contribution < 1.29 is 9.53 Å². The Labute approximate surface area is 143 Å². The minimum absolute atomic E-state index is 0.0558. The third-order valence-corrected chi connectivity index (χ3v) is 4.73. The zero-order chi connectivity index (χ0) is 16.9. The van der Waals surface area contributed by atoms with Crippen molar-refractivity contribution in [1.82, 2.24) is 10.2 Å². The molecule has 1 aliphatic rings. The molecule has 1 aliphatic heterocycles. The second kappa shape index (κ2) is 7.49. The van der Waals surface area contributed by atoms with Crippen LogP contribution in [0.1, 0.15) is 23.6 Å². The van der Waals surface area contributed by atoms with Gasteiger partial charge in [-0.3, -0.25) is 9.69 Å². The van der Waals surface area contributed by atoms with Crippen molar-refractivity contribution in [2.75, 3.05) is 13.7 Å². The van der Waals surface area contributed by atoms with Gasteiger partial charge in [-0.15, -0.1) is 0 Å². The summed E-state index contributed by atoms with van der Waals surface area (Å²) < 4.78 is 5.33. The third-order valence-electron chi connectivity index (χ3n) is 4.73. The summed E-state index contributed by atoms with van der Waals surface area (Å²) >= 11 is 0. The molecule has 1 heterocycles. The van der Waals surface area contributed by atoms with Crippen LogP contribution in [0.2, 0.25) is 0 Å². The van der Waals surface area contributed by atoms with Crippen LogP contribution in [0, 0.1) is 0 Å². The van der Waals surface area contributed by atoms with Gasteiger partial charge in [0.05, 0.1) is 13.2 Å². The lowest BCUT2D eigenvalue weighted by atomic mass is 9.99. The Hall–Kier alpha value is -2.33. The highest BCUT2D eigenvalue weighted by molar-refractivity contribution is 5.81. The van der Waals surface area contributed by atoms with Crippen molar-refractivity contribution in [3.8, 4) is 5.75 Å². The van der Waals surface area contributed by atoms with Crippen molar-refractivity contribution in [1.29, 1.82) is 0 Å². The van der Waals surface area contributed by atoms with Crippen molar-refractivity contribution in [3.63, 3.8) is 0 Å². The molecule has 0 radical (unpaired) electrons. The molecule has 0 unspecified atom stereocenters. The number of nitrogens with zero attached hydrogens (tertiary/aromatic N) is 1. The summed E-state index contributed by atoms with van der Waals surface area (Å²) in [4.78, 5) is 14.8. The quantitative estimate of drug-likeness (QED) is 0.919. The minimum atomic E-state index is -0.145. The third kappa shape index (κ3) is 3.60. The van der Waals surface area contributed by atoms with Crippen molar-refractivity contribution in [2.24, 2.45) is 0 Å². The fraction of sp³-hybridized carbons (Fsp3) is 0.350. The van der Waals surface area contributed by atoms with Crippen LogP contribution < -0.4 is 10.1 Å². The standard InChI is InChI=1S/C20H24N2O2/c1-15(22-12-11-16-7-3-4-9-18(16)14-22)20(23)21-13-17-8-5-6-10-19(17)24-2/h3-10,15H,11-14H2,1-2H3,(H,21,23)/t15-/m0/s1. The van der Waals surface area contributed by atoms with Crippen LogP contribution >= 0.6 is 0 Å². The zero-order valence-electron chi connectivity index (χ0n) is 14.3. The molecule has 0 saturated heterocycles. The highest BCUT2D eigenvalue weighted by atomic mass is 16.5. The average Bonchev–Trinajstić information content (AvgIpc) is 2.65. The molecule has 24 heavy (non-hydrogen) atoms. The second-order valence-electron chi connectivity index (χ2n) is 6.19. The Bertz CT molecular complexity index is 714. The van der Waals surface area contributed by atoms with Gasteiger partial charge in [-0.25, -0.2) is 0 Å². The van der Waals surface area contributed by atoms with E-state index in [0.29, 0.717) is 6.54 Å². The van der Waals surface area contributed by atoms with E-state index in [1.165, 1.54) is 11.1 Å². The number of methoxy groups -OCH3 is 1. The summed E-state index contributed by atoms with van der Waals surface area (Å²) in [6, 6.07) is 16.1. The maximum Gasteiger partial charge on any atom is 0.237 e. The van der Waals surface area contributed by atoms with E-state index in [-0.39, 0.29) is 11.9 Å². The van der Waals surface area contributed by atoms with Gasteiger partial charge in [-0.1, -0.05) is 42.5 Å². The molecule has 2 aromatic rings. The molecule has 1 amide bonds. The molecule has 1 atom stereocenters. The topological polar surface area (TPSA) is 41.6 Å². The Kier molecular flexibility index (Phi) is 5.16. The number of amides is 1. The number of rotatable bonds is 5. The summed E-state index contributed by atoms with van der Waals surface area (Å²) in [5.41, 5.74) is 3.72. The van der Waals surface area contributed by atoms with E-state index in [1.807, 2.05) is 31.2 Å². The lowest BCUT2D eigenvalue weighted by molar-refractivity contribution is -0.126. The average molecular weight is 324 g/mol. The number of benzene rings is 2. The summed E-state index contributed by atoms with van der Waals surface area (Å²) in [5, 5.41) is 3.03. The van der Waals surface area contributed by atoms with Crippen molar-refractivity contribution in [3.05, 3.63) is 65.2 Å². The number of hydrogen-bond acceptors (Lipinski definition) is 3. The van der Waals surface area contributed by atoms with Gasteiger partial charge in [0.2, 0.25) is 5.91 Å². The number of fused-ring (bicyclic) bond motifs is 1. The van der Waals surface area contributed by atoms with Gasteiger partial charge < -0.3 is 10.1 Å². The van der Waals surface area contributed by atoms with Crippen molar-refractivity contribution in [2.45, 2.75) is 32.5 Å². The van der Waals surface area contributed by atoms with Gasteiger partial charge in [0.25, 0.3) is 0 Å². The summed E-state index contributed by atoms with van der Waals surface area (Å²) in [6.45, 7) is 4.21. The Morgan fingerprint density at radius 1 is 1.17 bits per heavy atom. The lowest BCUT2D eigenvalue weighted by Crippen LogP contribution is -2.46. The molecule has 4 nitrogen and oxygen atoms in total. The molecule has 0 spiro atoms. The molecule has 0 fully saturated rings. The van der Waals surface area contributed by atoms with E-state index >= 15 is 0 Å². The summed E-state index contributed by atoms with van der Waals surface area (Å²) in [7, 11) is 1.65. The fourth-order valence-electron chi connectivity index (χ4n) is 3.19. The van der Waals surface area contributed by atoms with Crippen molar-refractivity contribution >= 4 is 5.91 Å². The molecule has 1 N–H and O–H groups in total. The number of ether oxygens (including phenoxy) is 1. The van der Waals surface area contributed by atoms with Crippen LogP contribution in [0.5, 0.6) is 5.75 Å². The van der Waals surface area contributed by atoms with Crippen LogP contribution in [0.25, 0.3) is 0 Å². The molecular formula is C20H24N2O2. The maximum atomic E-state index is 12.5. The monoisotopic (exact) mass is 324 g/mol. The van der Waals surface area contributed by atoms with Crippen LogP contribution in [-0.2, 0) is 24.3 Å². The maximum absolute atomic E-state index is 12.5. The first-order valence-electron chi connectivity index (χ1n) is 8.39. The molecule has 0 aromatic heterocycles. The number of hydrogen-bond donors (Lipinski definition) is 1. The van der Waals surface area contributed by atoms with E-state index in [0.717, 1.165) is 30.8 Å². The number of nitrogens with one attached hydrogen (secondary N) is 1. The van der Waals surface area contributed by atoms with E-state index < -0.39 is 0 Å². The lowest BCUT2D eigenvalue weighted by Gasteiger charge is -2.32.